The summed E-state index contributed by atoms with van der Waals surface area (Å²) in [4.78, 5) is 12.1. The number of benzene rings is 1. The number of alkyl halides is 3. The number of ether oxygens (including phenoxy) is 2. The lowest BCUT2D eigenvalue weighted by Gasteiger charge is -2.16. The lowest BCUT2D eigenvalue weighted by Crippen LogP contribution is -2.33. The lowest BCUT2D eigenvalue weighted by molar-refractivity contribution is -0.149. The third-order valence-electron chi connectivity index (χ3n) is 3.95. The average Bonchev–Trinajstić information content (AvgIpc) is 3.07. The SMILES string of the molecule is CCOC(=O)C1(CC)OC1(C)c1cccc(C(F)(F)F)c1. The molecule has 0 radical (unpaired) electrons. The normalized spacial score (nSPS) is 28.3. The molecular formula is C15H17F3O3. The van der Waals surface area contributed by atoms with Gasteiger partial charge in [-0.25, -0.2) is 4.79 Å². The van der Waals surface area contributed by atoms with Gasteiger partial charge in [0.1, 0.15) is 5.60 Å². The van der Waals surface area contributed by atoms with E-state index in [4.69, 9.17) is 9.47 Å². The minimum Gasteiger partial charge on any atom is -0.464 e. The molecule has 0 bridgehead atoms. The molecule has 0 N–H and O–H groups in total. The molecule has 1 saturated heterocycles. The second-order valence-electron chi connectivity index (χ2n) is 5.11. The van der Waals surface area contributed by atoms with E-state index in [1.807, 2.05) is 0 Å². The van der Waals surface area contributed by atoms with Crippen LogP contribution in [0.1, 0.15) is 38.3 Å². The van der Waals surface area contributed by atoms with Gasteiger partial charge >= 0.3 is 12.1 Å². The van der Waals surface area contributed by atoms with Gasteiger partial charge in [0.25, 0.3) is 0 Å². The second kappa shape index (κ2) is 5.02. The molecule has 21 heavy (non-hydrogen) atoms. The van der Waals surface area contributed by atoms with Crippen molar-refractivity contribution in [1.82, 2.24) is 0 Å². The van der Waals surface area contributed by atoms with E-state index in [9.17, 15) is 18.0 Å². The largest absolute Gasteiger partial charge is 0.464 e. The van der Waals surface area contributed by atoms with Crippen molar-refractivity contribution in [2.24, 2.45) is 0 Å². The quantitative estimate of drug-likeness (QED) is 0.629. The zero-order valence-electron chi connectivity index (χ0n) is 12.1. The number of carbonyl (C=O) groups is 1. The third-order valence-corrected chi connectivity index (χ3v) is 3.95. The molecule has 1 heterocycles. The van der Waals surface area contributed by atoms with Crippen molar-refractivity contribution in [2.75, 3.05) is 6.61 Å². The van der Waals surface area contributed by atoms with Gasteiger partial charge in [0.2, 0.25) is 0 Å². The van der Waals surface area contributed by atoms with E-state index >= 15 is 0 Å². The molecule has 0 spiro atoms. The molecule has 0 saturated carbocycles. The van der Waals surface area contributed by atoms with E-state index in [0.717, 1.165) is 12.1 Å². The lowest BCUT2D eigenvalue weighted by atomic mass is 9.85. The molecule has 2 rings (SSSR count). The molecule has 116 valence electrons. The highest BCUT2D eigenvalue weighted by atomic mass is 19.4. The first-order valence-corrected chi connectivity index (χ1v) is 6.76. The van der Waals surface area contributed by atoms with Gasteiger partial charge in [-0.05, 0) is 38.0 Å². The van der Waals surface area contributed by atoms with Gasteiger partial charge in [-0.1, -0.05) is 19.1 Å². The number of esters is 1. The van der Waals surface area contributed by atoms with Crippen molar-refractivity contribution < 1.29 is 27.4 Å². The Morgan fingerprint density at radius 3 is 2.52 bits per heavy atom. The van der Waals surface area contributed by atoms with Gasteiger partial charge in [-0.2, -0.15) is 13.2 Å². The summed E-state index contributed by atoms with van der Waals surface area (Å²) in [5.74, 6) is -0.535. The molecule has 6 heteroatoms. The van der Waals surface area contributed by atoms with Crippen LogP contribution in [-0.2, 0) is 26.0 Å². The molecule has 2 unspecified atom stereocenters. The fraction of sp³-hybridized carbons (Fsp3) is 0.533. The van der Waals surface area contributed by atoms with Gasteiger partial charge in [-0.15, -0.1) is 0 Å². The van der Waals surface area contributed by atoms with Crippen LogP contribution >= 0.6 is 0 Å². The van der Waals surface area contributed by atoms with Crippen LogP contribution in [0.2, 0.25) is 0 Å². The van der Waals surface area contributed by atoms with Crippen LogP contribution in [0.25, 0.3) is 0 Å². The molecular weight excluding hydrogens is 285 g/mol. The van der Waals surface area contributed by atoms with Gasteiger partial charge in [0.15, 0.2) is 5.60 Å². The Hall–Kier alpha value is -1.56. The highest BCUT2D eigenvalue weighted by molar-refractivity contribution is 5.85. The van der Waals surface area contributed by atoms with E-state index in [2.05, 4.69) is 0 Å². The average molecular weight is 302 g/mol. The molecule has 0 aliphatic carbocycles. The number of hydrogen-bond acceptors (Lipinski definition) is 3. The summed E-state index contributed by atoms with van der Waals surface area (Å²) in [5.41, 5.74) is -2.72. The molecule has 1 aliphatic rings. The minimum absolute atomic E-state index is 0.197. The van der Waals surface area contributed by atoms with E-state index in [-0.39, 0.29) is 6.61 Å². The Bertz CT molecular complexity index is 555. The number of epoxide rings is 1. The van der Waals surface area contributed by atoms with Gasteiger partial charge in [-0.3, -0.25) is 0 Å². The zero-order chi connectivity index (χ0) is 15.9. The summed E-state index contributed by atoms with van der Waals surface area (Å²) >= 11 is 0. The number of halogens is 3. The number of rotatable bonds is 4. The van der Waals surface area contributed by atoms with E-state index < -0.39 is 28.9 Å². The maximum Gasteiger partial charge on any atom is 0.416 e. The zero-order valence-corrected chi connectivity index (χ0v) is 12.1. The number of carbonyl (C=O) groups excluding carboxylic acids is 1. The number of hydrogen-bond donors (Lipinski definition) is 0. The smallest absolute Gasteiger partial charge is 0.416 e. The molecule has 3 nitrogen and oxygen atoms in total. The Morgan fingerprint density at radius 2 is 2.00 bits per heavy atom. The van der Waals surface area contributed by atoms with Crippen molar-refractivity contribution in [2.45, 2.75) is 44.6 Å². The summed E-state index contributed by atoms with van der Waals surface area (Å²) in [6.07, 6.45) is -4.10. The van der Waals surface area contributed by atoms with Crippen LogP contribution in [0.15, 0.2) is 24.3 Å². The summed E-state index contributed by atoms with van der Waals surface area (Å²) < 4.78 is 48.9. The Labute approximate surface area is 121 Å². The molecule has 0 aromatic heterocycles. The molecule has 1 aliphatic heterocycles. The van der Waals surface area contributed by atoms with Crippen LogP contribution in [0.3, 0.4) is 0 Å². The standard InChI is InChI=1S/C15H17F3O3/c1-4-14(12(19)20-5-2)13(3,21-14)10-7-6-8-11(9-10)15(16,17)18/h6-9H,4-5H2,1-3H3. The van der Waals surface area contributed by atoms with Gasteiger partial charge < -0.3 is 9.47 Å². The van der Waals surface area contributed by atoms with Crippen molar-refractivity contribution in [3.8, 4) is 0 Å². The van der Waals surface area contributed by atoms with Crippen LogP contribution < -0.4 is 0 Å². The first kappa shape index (κ1) is 15.8. The minimum atomic E-state index is -4.43. The summed E-state index contributed by atoms with van der Waals surface area (Å²) in [5, 5.41) is 0. The highest BCUT2D eigenvalue weighted by Crippen LogP contribution is 2.58. The maximum absolute atomic E-state index is 12.8. The maximum atomic E-state index is 12.8. The highest BCUT2D eigenvalue weighted by Gasteiger charge is 2.72. The molecule has 0 amide bonds. The molecule has 2 atom stereocenters. The third kappa shape index (κ3) is 2.41. The van der Waals surface area contributed by atoms with Gasteiger partial charge in [0, 0.05) is 0 Å². The second-order valence-corrected chi connectivity index (χ2v) is 5.11. The molecule has 1 aromatic rings. The van der Waals surface area contributed by atoms with Crippen molar-refractivity contribution in [1.29, 1.82) is 0 Å². The molecule has 1 fully saturated rings. The molecule has 1 aromatic carbocycles. The van der Waals surface area contributed by atoms with Crippen molar-refractivity contribution in [3.63, 3.8) is 0 Å². The first-order chi connectivity index (χ1) is 9.71. The fourth-order valence-electron chi connectivity index (χ4n) is 2.65. The topological polar surface area (TPSA) is 38.8 Å². The Balaban J connectivity index is 2.37. The predicted octanol–water partition coefficient (Wildman–Crippen LogP) is 3.66. The first-order valence-electron chi connectivity index (χ1n) is 6.76. The van der Waals surface area contributed by atoms with E-state index in [1.165, 1.54) is 12.1 Å². The predicted molar refractivity (Wildman–Crippen MR) is 69.5 cm³/mol. The van der Waals surface area contributed by atoms with Crippen LogP contribution in [0.5, 0.6) is 0 Å². The van der Waals surface area contributed by atoms with Crippen LogP contribution in [0, 0.1) is 0 Å². The van der Waals surface area contributed by atoms with Crippen LogP contribution in [-0.4, -0.2) is 18.2 Å². The summed E-state index contributed by atoms with van der Waals surface area (Å²) in [6, 6.07) is 4.87. The van der Waals surface area contributed by atoms with Crippen molar-refractivity contribution >= 4 is 5.97 Å². The van der Waals surface area contributed by atoms with Crippen LogP contribution in [0.4, 0.5) is 13.2 Å². The monoisotopic (exact) mass is 302 g/mol. The fourth-order valence-corrected chi connectivity index (χ4v) is 2.65. The Kier molecular flexibility index (Phi) is 3.78. The van der Waals surface area contributed by atoms with Gasteiger partial charge in [0.05, 0.1) is 12.2 Å². The van der Waals surface area contributed by atoms with E-state index in [0.29, 0.717) is 12.0 Å². The van der Waals surface area contributed by atoms with E-state index in [1.54, 1.807) is 20.8 Å². The summed E-state index contributed by atoms with van der Waals surface area (Å²) in [7, 11) is 0. The summed E-state index contributed by atoms with van der Waals surface area (Å²) in [6.45, 7) is 5.23. The van der Waals surface area contributed by atoms with Crippen molar-refractivity contribution in [3.05, 3.63) is 35.4 Å². The Morgan fingerprint density at radius 1 is 1.33 bits per heavy atom.